The Morgan fingerprint density at radius 2 is 2.50 bits per heavy atom. The van der Waals surface area contributed by atoms with Crippen LogP contribution in [0, 0.1) is 0 Å². The number of amides is 1. The standard InChI is InChI=1S/C3H7NO3S/c1-8(7)2-3(5)4-6/h6H,2H2,1H3,(H,4,5). The Balaban J connectivity index is 3.25. The zero-order valence-electron chi connectivity index (χ0n) is 4.38. The Kier molecular flexibility index (Phi) is 3.59. The van der Waals surface area contributed by atoms with Crippen LogP contribution in [0.4, 0.5) is 0 Å². The van der Waals surface area contributed by atoms with Crippen molar-refractivity contribution in [2.24, 2.45) is 0 Å². The van der Waals surface area contributed by atoms with Gasteiger partial charge in [0.2, 0.25) is 0 Å². The van der Waals surface area contributed by atoms with Crippen molar-refractivity contribution in [1.29, 1.82) is 0 Å². The minimum atomic E-state index is -1.17. The molecule has 0 aromatic carbocycles. The smallest absolute Gasteiger partial charge is 0.293 e. The molecule has 4 nitrogen and oxygen atoms in total. The van der Waals surface area contributed by atoms with Gasteiger partial charge in [-0.1, -0.05) is 0 Å². The van der Waals surface area contributed by atoms with Crippen LogP contribution in [0.15, 0.2) is 0 Å². The Bertz CT molecular complexity index is 84.6. The molecule has 0 spiro atoms. The number of hydrogen-bond donors (Lipinski definition) is 2. The molecule has 48 valence electrons. The van der Waals surface area contributed by atoms with Gasteiger partial charge in [0, 0.05) is 0 Å². The number of hydrogen-bond acceptors (Lipinski definition) is 3. The molecule has 0 rings (SSSR count). The van der Waals surface area contributed by atoms with Gasteiger partial charge in [0.25, 0.3) is 5.91 Å². The lowest BCUT2D eigenvalue weighted by atomic mass is 10.8. The van der Waals surface area contributed by atoms with E-state index in [0.29, 0.717) is 0 Å². The molecule has 0 saturated carbocycles. The minimum absolute atomic E-state index is 0.142. The van der Waals surface area contributed by atoms with E-state index in [2.05, 4.69) is 0 Å². The summed E-state index contributed by atoms with van der Waals surface area (Å²) in [4.78, 5) is 10.1. The maximum absolute atomic E-state index is 10.2. The number of rotatable bonds is 2. The third-order valence-corrected chi connectivity index (χ3v) is 1.13. The Labute approximate surface area is 50.0 Å². The second-order valence-corrected chi connectivity index (χ2v) is 2.69. The van der Waals surface area contributed by atoms with Crippen molar-refractivity contribution in [2.75, 3.05) is 12.0 Å². The van der Waals surface area contributed by atoms with E-state index in [4.69, 9.17) is 5.21 Å². The predicted octanol–water partition coefficient (Wildman–Crippen LogP) is -1.13. The monoisotopic (exact) mass is 137 g/mol. The first-order chi connectivity index (χ1) is 3.66. The van der Waals surface area contributed by atoms with Crippen LogP contribution in [0.25, 0.3) is 0 Å². The molecule has 0 fully saturated rings. The Morgan fingerprint density at radius 1 is 2.00 bits per heavy atom. The van der Waals surface area contributed by atoms with E-state index in [9.17, 15) is 9.35 Å². The molecule has 0 radical (unpaired) electrons. The van der Waals surface area contributed by atoms with Crippen molar-refractivity contribution in [2.45, 2.75) is 0 Å². The highest BCUT2D eigenvalue weighted by Crippen LogP contribution is 1.79. The van der Waals surface area contributed by atoms with Gasteiger partial charge >= 0.3 is 0 Å². The lowest BCUT2D eigenvalue weighted by Crippen LogP contribution is -2.26. The number of carbonyl (C=O) groups excluding carboxylic acids is 1. The van der Waals surface area contributed by atoms with Crippen LogP contribution in [0.2, 0.25) is 0 Å². The van der Waals surface area contributed by atoms with Crippen LogP contribution in [0.1, 0.15) is 0 Å². The van der Waals surface area contributed by atoms with E-state index in [0.717, 1.165) is 0 Å². The SMILES string of the molecule is C[S+]([O-])CC(=O)NO. The second-order valence-electron chi connectivity index (χ2n) is 1.25. The number of carbonyl (C=O) groups is 1. The topological polar surface area (TPSA) is 72.4 Å². The van der Waals surface area contributed by atoms with Crippen LogP contribution < -0.4 is 5.48 Å². The fraction of sp³-hybridized carbons (Fsp3) is 0.667. The van der Waals surface area contributed by atoms with E-state index in [1.807, 2.05) is 0 Å². The molecule has 0 aromatic heterocycles. The Morgan fingerprint density at radius 3 is 2.62 bits per heavy atom. The normalized spacial score (nSPS) is 12.9. The van der Waals surface area contributed by atoms with E-state index in [-0.39, 0.29) is 5.75 Å². The van der Waals surface area contributed by atoms with Crippen molar-refractivity contribution in [3.05, 3.63) is 0 Å². The molecule has 1 atom stereocenters. The summed E-state index contributed by atoms with van der Waals surface area (Å²) in [6, 6.07) is 0. The zero-order valence-corrected chi connectivity index (χ0v) is 5.20. The summed E-state index contributed by atoms with van der Waals surface area (Å²) in [5.74, 6) is -0.762. The molecular formula is C3H7NO3S. The first kappa shape index (κ1) is 7.74. The fourth-order valence-corrected chi connectivity index (χ4v) is 0.651. The predicted molar refractivity (Wildman–Crippen MR) is 28.9 cm³/mol. The molecule has 0 aliphatic heterocycles. The lowest BCUT2D eigenvalue weighted by molar-refractivity contribution is -0.126. The summed E-state index contributed by atoms with van der Waals surface area (Å²) in [6.07, 6.45) is 1.38. The van der Waals surface area contributed by atoms with Crippen LogP contribution in [0.5, 0.6) is 0 Å². The first-order valence-corrected chi connectivity index (χ1v) is 3.62. The lowest BCUT2D eigenvalue weighted by Gasteiger charge is -2.00. The third-order valence-electron chi connectivity index (χ3n) is 0.459. The molecule has 0 heterocycles. The molecule has 0 bridgehead atoms. The van der Waals surface area contributed by atoms with Crippen LogP contribution in [-0.4, -0.2) is 27.7 Å². The fourth-order valence-electron chi connectivity index (χ4n) is 0.217. The van der Waals surface area contributed by atoms with Crippen molar-refractivity contribution < 1.29 is 14.6 Å². The largest absolute Gasteiger partial charge is 0.616 e. The van der Waals surface area contributed by atoms with Gasteiger partial charge in [-0.05, 0) is 11.2 Å². The summed E-state index contributed by atoms with van der Waals surface area (Å²) < 4.78 is 10.2. The summed E-state index contributed by atoms with van der Waals surface area (Å²) >= 11 is -1.17. The minimum Gasteiger partial charge on any atom is -0.616 e. The summed E-state index contributed by atoms with van der Waals surface area (Å²) in [7, 11) is 0. The zero-order chi connectivity index (χ0) is 6.57. The van der Waals surface area contributed by atoms with Gasteiger partial charge in [0.05, 0.1) is 6.26 Å². The molecule has 5 heteroatoms. The summed E-state index contributed by atoms with van der Waals surface area (Å²) in [6.45, 7) is 0. The second kappa shape index (κ2) is 3.71. The number of hydroxylamine groups is 1. The molecule has 0 aliphatic carbocycles. The molecule has 0 saturated heterocycles. The van der Waals surface area contributed by atoms with Crippen LogP contribution in [0.3, 0.4) is 0 Å². The van der Waals surface area contributed by atoms with Crippen LogP contribution >= 0.6 is 0 Å². The molecule has 0 aliphatic rings. The van der Waals surface area contributed by atoms with Gasteiger partial charge in [-0.2, -0.15) is 0 Å². The quantitative estimate of drug-likeness (QED) is 0.287. The average molecular weight is 137 g/mol. The van der Waals surface area contributed by atoms with Gasteiger partial charge in [-0.3, -0.25) is 10.0 Å². The summed E-state index contributed by atoms with van der Waals surface area (Å²) in [5.41, 5.74) is 1.36. The highest BCUT2D eigenvalue weighted by Gasteiger charge is 2.04. The van der Waals surface area contributed by atoms with Crippen molar-refractivity contribution in [1.82, 2.24) is 5.48 Å². The molecular weight excluding hydrogens is 130 g/mol. The number of nitrogens with one attached hydrogen (secondary N) is 1. The maximum Gasteiger partial charge on any atom is 0.293 e. The molecule has 0 aromatic rings. The Hall–Kier alpha value is -0.260. The maximum atomic E-state index is 10.2. The summed E-state index contributed by atoms with van der Waals surface area (Å²) in [5, 5.41) is 7.85. The molecule has 1 amide bonds. The van der Waals surface area contributed by atoms with Crippen molar-refractivity contribution in [3.8, 4) is 0 Å². The highest BCUT2D eigenvalue weighted by atomic mass is 32.2. The third kappa shape index (κ3) is 3.91. The first-order valence-electron chi connectivity index (χ1n) is 1.89. The van der Waals surface area contributed by atoms with E-state index in [1.165, 1.54) is 11.7 Å². The van der Waals surface area contributed by atoms with Gasteiger partial charge < -0.3 is 4.55 Å². The molecule has 1 unspecified atom stereocenters. The van der Waals surface area contributed by atoms with Crippen molar-refractivity contribution >= 4 is 17.1 Å². The molecule has 2 N–H and O–H groups in total. The highest BCUT2D eigenvalue weighted by molar-refractivity contribution is 7.91. The van der Waals surface area contributed by atoms with Gasteiger partial charge in [0.15, 0.2) is 5.75 Å². The van der Waals surface area contributed by atoms with Gasteiger partial charge in [-0.25, -0.2) is 5.48 Å². The van der Waals surface area contributed by atoms with Crippen LogP contribution in [-0.2, 0) is 16.0 Å². The van der Waals surface area contributed by atoms with E-state index >= 15 is 0 Å². The van der Waals surface area contributed by atoms with E-state index < -0.39 is 17.1 Å². The molecule has 8 heavy (non-hydrogen) atoms. The van der Waals surface area contributed by atoms with E-state index in [1.54, 1.807) is 0 Å². The van der Waals surface area contributed by atoms with Gasteiger partial charge in [0.1, 0.15) is 0 Å². The van der Waals surface area contributed by atoms with Gasteiger partial charge in [-0.15, -0.1) is 0 Å². The van der Waals surface area contributed by atoms with Crippen molar-refractivity contribution in [3.63, 3.8) is 0 Å². The average Bonchev–Trinajstić information content (AvgIpc) is 1.65.